The van der Waals surface area contributed by atoms with Gasteiger partial charge in [0.15, 0.2) is 0 Å². The minimum absolute atomic E-state index is 0.0509. The Morgan fingerprint density at radius 1 is 1.10 bits per heavy atom. The van der Waals surface area contributed by atoms with Crippen molar-refractivity contribution in [3.05, 3.63) is 54.1 Å². The van der Waals surface area contributed by atoms with Crippen LogP contribution < -0.4 is 9.64 Å². The third-order valence-corrected chi connectivity index (χ3v) is 5.34. The first kappa shape index (κ1) is 13.4. The first-order chi connectivity index (χ1) is 9.69. The van der Waals surface area contributed by atoms with Gasteiger partial charge in [-0.15, -0.1) is 0 Å². The minimum atomic E-state index is -0.0509. The van der Waals surface area contributed by atoms with Gasteiger partial charge in [0, 0.05) is 11.4 Å². The summed E-state index contributed by atoms with van der Waals surface area (Å²) in [5.41, 5.74) is 2.64. The van der Waals surface area contributed by atoms with Crippen LogP contribution in [0.5, 0.6) is 5.75 Å². The van der Waals surface area contributed by atoms with Crippen molar-refractivity contribution < 1.29 is 4.74 Å². The van der Waals surface area contributed by atoms with Crippen molar-refractivity contribution in [2.45, 2.75) is 23.6 Å². The van der Waals surface area contributed by atoms with E-state index in [1.165, 1.54) is 16.1 Å². The molecule has 0 radical (unpaired) electrons. The van der Waals surface area contributed by atoms with Gasteiger partial charge in [-0.3, -0.25) is 0 Å². The van der Waals surface area contributed by atoms with Crippen molar-refractivity contribution in [1.29, 1.82) is 0 Å². The molecule has 20 heavy (non-hydrogen) atoms. The molecule has 1 aliphatic rings. The van der Waals surface area contributed by atoms with Gasteiger partial charge in [-0.25, -0.2) is 0 Å². The Morgan fingerprint density at radius 3 is 2.45 bits per heavy atom. The molecule has 2 aromatic rings. The number of fused-ring (bicyclic) bond motifs is 1. The Morgan fingerprint density at radius 2 is 1.80 bits per heavy atom. The maximum Gasteiger partial charge on any atom is 0.118 e. The molecule has 0 aromatic heterocycles. The van der Waals surface area contributed by atoms with Crippen LogP contribution >= 0.6 is 11.8 Å². The van der Waals surface area contributed by atoms with Crippen LogP contribution in [0.25, 0.3) is 0 Å². The predicted octanol–water partition coefficient (Wildman–Crippen LogP) is 4.50. The monoisotopic (exact) mass is 285 g/mol. The van der Waals surface area contributed by atoms with E-state index in [-0.39, 0.29) is 4.87 Å². The van der Waals surface area contributed by atoms with E-state index in [4.69, 9.17) is 4.74 Å². The Kier molecular flexibility index (Phi) is 3.38. The SMILES string of the molecule is CCN1c2ccccc2SC1(C)c1ccc(OC)cc1. The Labute approximate surface area is 124 Å². The van der Waals surface area contributed by atoms with Crippen molar-refractivity contribution in [1.82, 2.24) is 0 Å². The second-order valence-electron chi connectivity index (χ2n) is 5.03. The Hall–Kier alpha value is -1.61. The molecule has 0 saturated carbocycles. The average Bonchev–Trinajstić information content (AvgIpc) is 2.79. The van der Waals surface area contributed by atoms with Crippen molar-refractivity contribution >= 4 is 17.4 Å². The molecule has 2 aromatic carbocycles. The highest BCUT2D eigenvalue weighted by atomic mass is 32.2. The molecule has 0 N–H and O–H groups in total. The van der Waals surface area contributed by atoms with Gasteiger partial charge in [-0.05, 0) is 43.7 Å². The summed E-state index contributed by atoms with van der Waals surface area (Å²) in [6.45, 7) is 5.50. The normalized spacial score (nSPS) is 20.9. The second-order valence-corrected chi connectivity index (χ2v) is 6.46. The molecular formula is C17H19NOS. The lowest BCUT2D eigenvalue weighted by molar-refractivity contribution is 0.414. The lowest BCUT2D eigenvalue weighted by atomic mass is 10.1. The first-order valence-electron chi connectivity index (χ1n) is 6.89. The molecule has 1 unspecified atom stereocenters. The van der Waals surface area contributed by atoms with E-state index in [2.05, 4.69) is 55.1 Å². The molecule has 0 saturated heterocycles. The van der Waals surface area contributed by atoms with Crippen LogP contribution in [0.15, 0.2) is 53.4 Å². The van der Waals surface area contributed by atoms with Crippen LogP contribution in [0, 0.1) is 0 Å². The number of hydrogen-bond acceptors (Lipinski definition) is 3. The highest BCUT2D eigenvalue weighted by Crippen LogP contribution is 2.55. The highest BCUT2D eigenvalue weighted by molar-refractivity contribution is 8.00. The highest BCUT2D eigenvalue weighted by Gasteiger charge is 2.41. The molecule has 0 bridgehead atoms. The number of rotatable bonds is 3. The number of methoxy groups -OCH3 is 1. The quantitative estimate of drug-likeness (QED) is 0.824. The molecule has 1 aliphatic heterocycles. The van der Waals surface area contributed by atoms with Crippen LogP contribution in [-0.2, 0) is 4.87 Å². The van der Waals surface area contributed by atoms with Gasteiger partial charge < -0.3 is 9.64 Å². The van der Waals surface area contributed by atoms with Gasteiger partial charge >= 0.3 is 0 Å². The number of para-hydroxylation sites is 1. The molecule has 3 rings (SSSR count). The van der Waals surface area contributed by atoms with Crippen molar-refractivity contribution in [2.75, 3.05) is 18.6 Å². The summed E-state index contributed by atoms with van der Waals surface area (Å²) in [6.07, 6.45) is 0. The Bertz CT molecular complexity index is 611. The fourth-order valence-corrected chi connectivity index (χ4v) is 4.30. The van der Waals surface area contributed by atoms with E-state index in [0.717, 1.165) is 12.3 Å². The molecule has 2 nitrogen and oxygen atoms in total. The number of nitrogens with zero attached hydrogens (tertiary/aromatic N) is 1. The smallest absolute Gasteiger partial charge is 0.118 e. The van der Waals surface area contributed by atoms with Gasteiger partial charge in [0.1, 0.15) is 10.6 Å². The zero-order chi connectivity index (χ0) is 14.2. The average molecular weight is 285 g/mol. The van der Waals surface area contributed by atoms with E-state index in [1.54, 1.807) is 7.11 Å². The topological polar surface area (TPSA) is 12.5 Å². The number of hydrogen-bond donors (Lipinski definition) is 0. The van der Waals surface area contributed by atoms with Crippen molar-refractivity contribution in [3.8, 4) is 5.75 Å². The van der Waals surface area contributed by atoms with Crippen LogP contribution in [0.3, 0.4) is 0 Å². The lowest BCUT2D eigenvalue weighted by Crippen LogP contribution is -2.37. The van der Waals surface area contributed by atoms with E-state index in [1.807, 2.05) is 23.9 Å². The fraction of sp³-hybridized carbons (Fsp3) is 0.294. The first-order valence-corrected chi connectivity index (χ1v) is 7.71. The fourth-order valence-electron chi connectivity index (χ4n) is 2.85. The van der Waals surface area contributed by atoms with Crippen LogP contribution in [0.4, 0.5) is 5.69 Å². The van der Waals surface area contributed by atoms with Gasteiger partial charge in [-0.2, -0.15) is 0 Å². The number of benzene rings is 2. The minimum Gasteiger partial charge on any atom is -0.497 e. The van der Waals surface area contributed by atoms with E-state index in [0.29, 0.717) is 0 Å². The van der Waals surface area contributed by atoms with Crippen molar-refractivity contribution in [2.24, 2.45) is 0 Å². The van der Waals surface area contributed by atoms with Gasteiger partial charge in [0.05, 0.1) is 12.8 Å². The summed E-state index contributed by atoms with van der Waals surface area (Å²) >= 11 is 1.92. The molecule has 0 fully saturated rings. The van der Waals surface area contributed by atoms with Gasteiger partial charge in [0.2, 0.25) is 0 Å². The summed E-state index contributed by atoms with van der Waals surface area (Å²) in [5.74, 6) is 0.904. The van der Waals surface area contributed by atoms with E-state index >= 15 is 0 Å². The van der Waals surface area contributed by atoms with Crippen LogP contribution in [-0.4, -0.2) is 13.7 Å². The molecule has 1 atom stereocenters. The molecule has 104 valence electrons. The molecule has 0 spiro atoms. The summed E-state index contributed by atoms with van der Waals surface area (Å²) < 4.78 is 5.26. The second kappa shape index (κ2) is 5.06. The third kappa shape index (κ3) is 1.97. The summed E-state index contributed by atoms with van der Waals surface area (Å²) in [4.78, 5) is 3.77. The van der Waals surface area contributed by atoms with Gasteiger partial charge in [0.25, 0.3) is 0 Å². The maximum absolute atomic E-state index is 5.26. The molecule has 1 heterocycles. The zero-order valence-corrected chi connectivity index (χ0v) is 12.9. The van der Waals surface area contributed by atoms with E-state index < -0.39 is 0 Å². The van der Waals surface area contributed by atoms with Crippen molar-refractivity contribution in [3.63, 3.8) is 0 Å². The predicted molar refractivity (Wildman–Crippen MR) is 85.7 cm³/mol. The molecule has 0 aliphatic carbocycles. The largest absolute Gasteiger partial charge is 0.497 e. The summed E-state index contributed by atoms with van der Waals surface area (Å²) in [5, 5.41) is 0. The summed E-state index contributed by atoms with van der Waals surface area (Å²) in [6, 6.07) is 17.1. The maximum atomic E-state index is 5.26. The van der Waals surface area contributed by atoms with Crippen LogP contribution in [0.2, 0.25) is 0 Å². The number of anilines is 1. The number of ether oxygens (including phenoxy) is 1. The standard InChI is InChI=1S/C17H19NOS/c1-4-18-15-7-5-6-8-16(15)20-17(18,2)13-9-11-14(19-3)12-10-13/h5-12H,4H2,1-3H3. The van der Waals surface area contributed by atoms with E-state index in [9.17, 15) is 0 Å². The molecular weight excluding hydrogens is 266 g/mol. The third-order valence-electron chi connectivity index (χ3n) is 3.92. The summed E-state index contributed by atoms with van der Waals surface area (Å²) in [7, 11) is 1.70. The van der Waals surface area contributed by atoms with Crippen LogP contribution in [0.1, 0.15) is 19.4 Å². The van der Waals surface area contributed by atoms with Gasteiger partial charge in [-0.1, -0.05) is 36.0 Å². The Balaban J connectivity index is 2.03. The molecule has 3 heteroatoms. The molecule has 0 amide bonds. The number of thioether (sulfide) groups is 1. The lowest BCUT2D eigenvalue weighted by Gasteiger charge is -2.36. The zero-order valence-electron chi connectivity index (χ0n) is 12.1.